The van der Waals surface area contributed by atoms with Crippen LogP contribution in [0.1, 0.15) is 30.9 Å². The number of benzene rings is 2. The van der Waals surface area contributed by atoms with E-state index in [1.54, 1.807) is 13.3 Å². The Bertz CT molecular complexity index is 1700. The molecule has 0 unspecified atom stereocenters. The zero-order valence-electron chi connectivity index (χ0n) is 29.1. The minimum Gasteiger partial charge on any atom is -0.494 e. The summed E-state index contributed by atoms with van der Waals surface area (Å²) in [5.41, 5.74) is 7.68. The number of piperazine rings is 1. The molecule has 0 atom stereocenters. The third-order valence-corrected chi connectivity index (χ3v) is 11.5. The van der Waals surface area contributed by atoms with Crippen molar-refractivity contribution in [3.05, 3.63) is 70.5 Å². The lowest BCUT2D eigenvalue weighted by atomic mass is 9.99. The molecule has 2 aliphatic heterocycles. The lowest BCUT2D eigenvalue weighted by Gasteiger charge is -2.43. The number of anilines is 5. The molecule has 0 saturated carbocycles. The van der Waals surface area contributed by atoms with Gasteiger partial charge in [-0.05, 0) is 103 Å². The van der Waals surface area contributed by atoms with Crippen molar-refractivity contribution in [2.75, 3.05) is 82.3 Å². The van der Waals surface area contributed by atoms with Crippen LogP contribution in [0.25, 0.3) is 11.3 Å². The first-order chi connectivity index (χ1) is 23.2. The number of likely N-dealkylation sites (N-methyl/N-ethyl adjacent to an activating group) is 1. The molecule has 2 aromatic heterocycles. The smallest absolute Gasteiger partial charge is 0.229 e. The second-order valence-electron chi connectivity index (χ2n) is 13.1. The van der Waals surface area contributed by atoms with E-state index in [0.717, 1.165) is 57.9 Å². The van der Waals surface area contributed by atoms with Crippen molar-refractivity contribution in [1.29, 1.82) is 0 Å². The van der Waals surface area contributed by atoms with Gasteiger partial charge in [-0.3, -0.25) is 9.88 Å². The predicted octanol–water partition coefficient (Wildman–Crippen LogP) is 7.25. The minimum absolute atomic E-state index is 0.401. The van der Waals surface area contributed by atoms with Gasteiger partial charge in [-0.15, -0.1) is 0 Å². The number of pyridine rings is 1. The van der Waals surface area contributed by atoms with Gasteiger partial charge >= 0.3 is 0 Å². The van der Waals surface area contributed by atoms with Crippen LogP contribution in [0.15, 0.2) is 59.3 Å². The summed E-state index contributed by atoms with van der Waals surface area (Å²) in [6.45, 7) is 15.6. The maximum atomic E-state index is 5.94. The van der Waals surface area contributed by atoms with Crippen LogP contribution in [0.4, 0.5) is 28.8 Å². The van der Waals surface area contributed by atoms with Crippen LogP contribution in [0.5, 0.6) is 5.75 Å². The van der Waals surface area contributed by atoms with E-state index < -0.39 is 7.92 Å². The summed E-state index contributed by atoms with van der Waals surface area (Å²) in [6.07, 6.45) is 7.02. The van der Waals surface area contributed by atoms with Crippen LogP contribution < -0.4 is 25.6 Å². The maximum Gasteiger partial charge on any atom is 0.229 e. The Hall–Kier alpha value is -3.30. The Balaban J connectivity index is 1.19. The van der Waals surface area contributed by atoms with E-state index in [-0.39, 0.29) is 0 Å². The molecule has 2 N–H and O–H groups in total. The lowest BCUT2D eigenvalue weighted by molar-refractivity contribution is 0.0982. The summed E-state index contributed by atoms with van der Waals surface area (Å²) >= 11 is 3.67. The number of methoxy groups -OCH3 is 1. The van der Waals surface area contributed by atoms with Crippen molar-refractivity contribution >= 4 is 58.0 Å². The van der Waals surface area contributed by atoms with E-state index in [0.29, 0.717) is 17.8 Å². The van der Waals surface area contributed by atoms with Gasteiger partial charge in [0.05, 0.1) is 23.0 Å². The van der Waals surface area contributed by atoms with Crippen molar-refractivity contribution in [1.82, 2.24) is 24.8 Å². The first-order valence-corrected chi connectivity index (χ1v) is 19.9. The van der Waals surface area contributed by atoms with Crippen LogP contribution in [0.2, 0.25) is 0 Å². The highest BCUT2D eigenvalue weighted by atomic mass is 79.9. The summed E-state index contributed by atoms with van der Waals surface area (Å²) in [5, 5.41) is 8.30. The molecule has 2 aliphatic rings. The van der Waals surface area contributed by atoms with Crippen LogP contribution in [-0.4, -0.2) is 97.5 Å². The molecule has 254 valence electrons. The summed E-state index contributed by atoms with van der Waals surface area (Å²) < 4.78 is 6.72. The Morgan fingerprint density at radius 2 is 1.69 bits per heavy atom. The molecule has 2 fully saturated rings. The van der Waals surface area contributed by atoms with Crippen LogP contribution >= 0.6 is 23.9 Å². The quantitative estimate of drug-likeness (QED) is 0.164. The molecule has 0 aliphatic carbocycles. The maximum absolute atomic E-state index is 5.94. The molecule has 4 heterocycles. The average molecular weight is 732 g/mol. The van der Waals surface area contributed by atoms with Crippen molar-refractivity contribution in [2.45, 2.75) is 39.2 Å². The highest BCUT2D eigenvalue weighted by Gasteiger charge is 2.28. The van der Waals surface area contributed by atoms with Gasteiger partial charge in [0.1, 0.15) is 11.6 Å². The van der Waals surface area contributed by atoms with Gasteiger partial charge in [0.2, 0.25) is 5.95 Å². The van der Waals surface area contributed by atoms with E-state index in [2.05, 4.69) is 128 Å². The summed E-state index contributed by atoms with van der Waals surface area (Å²) in [5.74, 6) is 1.98. The number of aryl methyl sites for hydroxylation is 2. The summed E-state index contributed by atoms with van der Waals surface area (Å²) in [4.78, 5) is 21.8. The molecular weight excluding hydrogens is 683 g/mol. The summed E-state index contributed by atoms with van der Waals surface area (Å²) in [7, 11) is 3.56. The van der Waals surface area contributed by atoms with Crippen LogP contribution in [0.3, 0.4) is 0 Å². The second kappa shape index (κ2) is 15.5. The number of halogens is 1. The molecule has 0 amide bonds. The minimum atomic E-state index is -0.401. The normalized spacial score (nSPS) is 16.4. The average Bonchev–Trinajstić information content (AvgIpc) is 3.10. The zero-order chi connectivity index (χ0) is 33.8. The molecule has 6 rings (SSSR count). The molecule has 0 radical (unpaired) electrons. The second-order valence-corrected chi connectivity index (χ2v) is 16.2. The molecule has 4 aromatic rings. The molecule has 0 bridgehead atoms. The molecule has 11 heteroatoms. The molecule has 2 saturated heterocycles. The third-order valence-electron chi connectivity index (χ3n) is 9.57. The van der Waals surface area contributed by atoms with Crippen LogP contribution in [-0.2, 0) is 6.42 Å². The van der Waals surface area contributed by atoms with Crippen molar-refractivity contribution in [2.24, 2.45) is 0 Å². The fourth-order valence-electron chi connectivity index (χ4n) is 6.69. The number of ether oxygens (including phenoxy) is 1. The van der Waals surface area contributed by atoms with Gasteiger partial charge in [0, 0.05) is 80.7 Å². The largest absolute Gasteiger partial charge is 0.494 e. The Morgan fingerprint density at radius 1 is 0.917 bits per heavy atom. The number of piperidine rings is 1. The molecule has 0 spiro atoms. The van der Waals surface area contributed by atoms with Gasteiger partial charge in [0.15, 0.2) is 0 Å². The number of nitrogens with zero attached hydrogens (tertiary/aromatic N) is 6. The molecular formula is C37H48BrN8OP. The fourth-order valence-corrected chi connectivity index (χ4v) is 7.98. The molecule has 2 aromatic carbocycles. The van der Waals surface area contributed by atoms with Gasteiger partial charge in [-0.2, -0.15) is 4.98 Å². The fraction of sp³-hybridized carbons (Fsp3) is 0.432. The Labute approximate surface area is 295 Å². The number of hydrogen-bond donors (Lipinski definition) is 2. The first kappa shape index (κ1) is 34.6. The van der Waals surface area contributed by atoms with E-state index in [4.69, 9.17) is 9.72 Å². The van der Waals surface area contributed by atoms with Gasteiger partial charge in [-0.1, -0.05) is 27.0 Å². The SMILES string of the molecule is CCc1cc(Nc2ncc(Br)c(Nc3ccc(-c4ccc(C)cn4)cc3P(C)C)n2)c(OC)cc1N1CCC(N2CCN(C)CC2)CC1. The van der Waals surface area contributed by atoms with E-state index in [1.807, 2.05) is 6.20 Å². The topological polar surface area (TPSA) is 81.7 Å². The summed E-state index contributed by atoms with van der Waals surface area (Å²) in [6, 6.07) is 15.7. The van der Waals surface area contributed by atoms with Gasteiger partial charge < -0.3 is 25.2 Å². The number of hydrogen-bond acceptors (Lipinski definition) is 9. The number of aromatic nitrogens is 3. The van der Waals surface area contributed by atoms with Crippen molar-refractivity contribution < 1.29 is 4.74 Å². The highest BCUT2D eigenvalue weighted by molar-refractivity contribution is 9.10. The van der Waals surface area contributed by atoms with Crippen molar-refractivity contribution in [3.8, 4) is 17.0 Å². The third kappa shape index (κ3) is 7.94. The standard InChI is InChI=1S/C37H48BrN8OP/c1-7-26-20-32(34(47-4)22-33(26)46-14-12-28(13-15-46)45-18-16-44(3)17-19-45)42-37-40-24-29(38)36(43-37)41-31-11-9-27(21-35(31)48(5)6)30-10-8-25(2)23-39-30/h8-11,20-24,28H,7,12-19H2,1-6H3,(H2,40,41,42,43). The predicted molar refractivity (Wildman–Crippen MR) is 206 cm³/mol. The first-order valence-electron chi connectivity index (χ1n) is 16.9. The number of rotatable bonds is 10. The Morgan fingerprint density at radius 3 is 2.35 bits per heavy atom. The van der Waals surface area contributed by atoms with Crippen molar-refractivity contribution in [3.63, 3.8) is 0 Å². The van der Waals surface area contributed by atoms with Gasteiger partial charge in [-0.25, -0.2) is 4.98 Å². The van der Waals surface area contributed by atoms with E-state index in [1.165, 1.54) is 55.6 Å². The van der Waals surface area contributed by atoms with Gasteiger partial charge in [0.25, 0.3) is 0 Å². The Kier molecular flexibility index (Phi) is 11.2. The lowest BCUT2D eigenvalue weighted by Crippen LogP contribution is -2.52. The monoisotopic (exact) mass is 730 g/mol. The molecule has 48 heavy (non-hydrogen) atoms. The highest BCUT2D eigenvalue weighted by Crippen LogP contribution is 2.38. The molecule has 9 nitrogen and oxygen atoms in total. The van der Waals surface area contributed by atoms with E-state index >= 15 is 0 Å². The number of nitrogens with one attached hydrogen (secondary N) is 2. The zero-order valence-corrected chi connectivity index (χ0v) is 31.5. The van der Waals surface area contributed by atoms with E-state index in [9.17, 15) is 0 Å². The van der Waals surface area contributed by atoms with Crippen LogP contribution in [0, 0.1) is 6.92 Å².